The molecule has 2 N–H and O–H groups in total. The van der Waals surface area contributed by atoms with E-state index in [1.165, 1.54) is 13.2 Å². The van der Waals surface area contributed by atoms with Crippen LogP contribution in [0.5, 0.6) is 0 Å². The molecule has 0 amide bonds. The van der Waals surface area contributed by atoms with E-state index in [1.54, 1.807) is 25.2 Å². The Morgan fingerprint density at radius 2 is 1.90 bits per heavy atom. The highest BCUT2D eigenvalue weighted by atomic mass is 16.7. The highest BCUT2D eigenvalue weighted by Crippen LogP contribution is 2.82. The zero-order chi connectivity index (χ0) is 30.6. The maximum absolute atomic E-state index is 13.7. The summed E-state index contributed by atoms with van der Waals surface area (Å²) in [5, 5.41) is 22.6. The average molecular weight is 587 g/mol. The number of hydrogen-bond acceptors (Lipinski definition) is 8. The van der Waals surface area contributed by atoms with Crippen LogP contribution in [-0.4, -0.2) is 72.9 Å². The van der Waals surface area contributed by atoms with Crippen molar-refractivity contribution >= 4 is 18.2 Å². The van der Waals surface area contributed by atoms with Gasteiger partial charge in [-0.1, -0.05) is 57.1 Å². The molecule has 3 saturated carbocycles. The Hall–Kier alpha value is -2.33. The lowest BCUT2D eigenvalue weighted by Gasteiger charge is -2.58. The molecule has 0 aromatic carbocycles. The summed E-state index contributed by atoms with van der Waals surface area (Å²) in [7, 11) is 1.46. The van der Waals surface area contributed by atoms with Gasteiger partial charge in [-0.3, -0.25) is 4.79 Å². The zero-order valence-electron chi connectivity index (χ0n) is 25.5. The summed E-state index contributed by atoms with van der Waals surface area (Å²) < 4.78 is 23.7. The average Bonchev–Trinajstić information content (AvgIpc) is 3.52. The number of carboxylic acid groups (broad SMARTS) is 1. The van der Waals surface area contributed by atoms with Gasteiger partial charge >= 0.3 is 11.9 Å². The number of fused-ring (bicyclic) bond motifs is 2. The van der Waals surface area contributed by atoms with E-state index in [4.69, 9.17) is 18.9 Å². The minimum atomic E-state index is -1.39. The molecule has 12 atom stereocenters. The number of carbonyl (C=O) groups is 3. The van der Waals surface area contributed by atoms with Gasteiger partial charge in [0.1, 0.15) is 23.9 Å². The van der Waals surface area contributed by atoms with E-state index in [0.717, 1.165) is 24.7 Å². The molecule has 1 heterocycles. The number of carboxylic acids is 1. The summed E-state index contributed by atoms with van der Waals surface area (Å²) in [6, 6.07) is 0. The van der Waals surface area contributed by atoms with Gasteiger partial charge in [0.15, 0.2) is 12.4 Å². The summed E-state index contributed by atoms with van der Waals surface area (Å²) in [6.07, 6.45) is 7.35. The quantitative estimate of drug-likeness (QED) is 0.128. The van der Waals surface area contributed by atoms with Gasteiger partial charge in [-0.2, -0.15) is 0 Å². The minimum Gasteiger partial charge on any atom is -0.481 e. The second-order valence-corrected chi connectivity index (χ2v) is 13.5. The van der Waals surface area contributed by atoms with Crippen LogP contribution in [0.25, 0.3) is 0 Å². The summed E-state index contributed by atoms with van der Waals surface area (Å²) >= 11 is 0. The first-order valence-corrected chi connectivity index (χ1v) is 15.4. The zero-order valence-corrected chi connectivity index (χ0v) is 25.5. The van der Waals surface area contributed by atoms with E-state index in [1.807, 2.05) is 20.8 Å². The number of aliphatic carboxylic acids is 1. The number of rotatable bonds is 10. The van der Waals surface area contributed by atoms with Crippen LogP contribution in [0.1, 0.15) is 60.3 Å². The molecule has 42 heavy (non-hydrogen) atoms. The standard InChI is InChI=1S/C33H46O9/c1-7-8-9-10-25(35)42-28-26(36)29(41-20(5)27(28)39-6)40-17-32-15-22-19(4)11-12-23(22)31(16-34)14-21(32)13-24(18(2)3)33(31,32)30(37)38/h7-10,13,16,18-23,26-29,36H,11-12,14-15,17H2,1-6H3,(H,37,38)/b8-7+,10-9-/t19-,20-,21-,22-,23-,26+,27-,28+,29-,31?,32?,33+/m1/s1. The number of hydrogen-bond donors (Lipinski definition) is 2. The summed E-state index contributed by atoms with van der Waals surface area (Å²) in [5.41, 5.74) is -2.45. The van der Waals surface area contributed by atoms with Crippen molar-refractivity contribution in [2.45, 2.75) is 91.0 Å². The van der Waals surface area contributed by atoms with E-state index in [2.05, 4.69) is 13.0 Å². The lowest BCUT2D eigenvalue weighted by Crippen LogP contribution is -2.64. The number of allylic oxidation sites excluding steroid dienone is 4. The first-order chi connectivity index (χ1) is 19.9. The SMILES string of the molecule is C/C=C/C=C\C(=O)O[C@H]1[C@H](O)[C@H](OCC23C[C@@H]4[C@H](C)CC[C@H]4C4(C=O)C[C@H]2C=C(C(C)C)[C@]43C(=O)O)O[C@H](C)[C@H]1OC. The molecule has 4 fully saturated rings. The molecule has 0 aromatic heterocycles. The van der Waals surface area contributed by atoms with Crippen LogP contribution in [0.15, 0.2) is 36.0 Å². The normalized spacial score (nSPS) is 45.9. The molecular weight excluding hydrogens is 540 g/mol. The molecule has 0 spiro atoms. The predicted molar refractivity (Wildman–Crippen MR) is 153 cm³/mol. The van der Waals surface area contributed by atoms with Gasteiger partial charge in [0, 0.05) is 18.6 Å². The van der Waals surface area contributed by atoms with Gasteiger partial charge < -0.3 is 34.0 Å². The summed E-state index contributed by atoms with van der Waals surface area (Å²) in [5.74, 6) is -1.21. The van der Waals surface area contributed by atoms with Crippen LogP contribution in [-0.2, 0) is 33.3 Å². The van der Waals surface area contributed by atoms with Gasteiger partial charge in [-0.25, -0.2) is 4.79 Å². The fourth-order valence-corrected chi connectivity index (χ4v) is 9.87. The Morgan fingerprint density at radius 3 is 2.52 bits per heavy atom. The molecule has 1 saturated heterocycles. The van der Waals surface area contributed by atoms with Crippen molar-refractivity contribution in [1.82, 2.24) is 0 Å². The van der Waals surface area contributed by atoms with Gasteiger partial charge in [0.05, 0.1) is 18.1 Å². The predicted octanol–water partition coefficient (Wildman–Crippen LogP) is 4.09. The van der Waals surface area contributed by atoms with Gasteiger partial charge in [0.2, 0.25) is 0 Å². The molecule has 9 heteroatoms. The molecular formula is C33H46O9. The molecule has 5 aliphatic rings. The van der Waals surface area contributed by atoms with Crippen LogP contribution in [0.4, 0.5) is 0 Å². The summed E-state index contributed by atoms with van der Waals surface area (Å²) in [4.78, 5) is 39.4. The fraction of sp³-hybridized carbons (Fsp3) is 0.727. The molecule has 0 aromatic rings. The Bertz CT molecular complexity index is 1170. The van der Waals surface area contributed by atoms with Crippen molar-refractivity contribution in [2.24, 2.45) is 45.8 Å². The van der Waals surface area contributed by atoms with Crippen molar-refractivity contribution in [3.8, 4) is 0 Å². The van der Waals surface area contributed by atoms with Gasteiger partial charge in [-0.15, -0.1) is 0 Å². The summed E-state index contributed by atoms with van der Waals surface area (Å²) in [6.45, 7) is 9.78. The van der Waals surface area contributed by atoms with Crippen molar-refractivity contribution in [3.63, 3.8) is 0 Å². The van der Waals surface area contributed by atoms with Crippen LogP contribution >= 0.6 is 0 Å². The molecule has 4 aliphatic carbocycles. The topological polar surface area (TPSA) is 129 Å². The maximum atomic E-state index is 13.7. The fourth-order valence-electron chi connectivity index (χ4n) is 9.87. The number of esters is 1. The lowest BCUT2D eigenvalue weighted by molar-refractivity contribution is -0.308. The van der Waals surface area contributed by atoms with Crippen molar-refractivity contribution in [2.75, 3.05) is 13.7 Å². The van der Waals surface area contributed by atoms with E-state index in [9.17, 15) is 24.6 Å². The van der Waals surface area contributed by atoms with Crippen molar-refractivity contribution < 1.29 is 43.5 Å². The largest absolute Gasteiger partial charge is 0.481 e. The third-order valence-corrected chi connectivity index (χ3v) is 11.4. The lowest BCUT2D eigenvalue weighted by atomic mass is 9.43. The molecule has 0 radical (unpaired) electrons. The monoisotopic (exact) mass is 586 g/mol. The smallest absolute Gasteiger partial charge is 0.331 e. The molecule has 2 unspecified atom stereocenters. The number of aldehydes is 1. The van der Waals surface area contributed by atoms with Gasteiger partial charge in [0.25, 0.3) is 0 Å². The van der Waals surface area contributed by atoms with E-state index >= 15 is 0 Å². The molecule has 4 bridgehead atoms. The molecule has 9 nitrogen and oxygen atoms in total. The van der Waals surface area contributed by atoms with Gasteiger partial charge in [-0.05, 0) is 62.7 Å². The molecule has 1 aliphatic heterocycles. The van der Waals surface area contributed by atoms with Crippen LogP contribution < -0.4 is 0 Å². The van der Waals surface area contributed by atoms with Crippen molar-refractivity contribution in [3.05, 3.63) is 36.0 Å². The minimum absolute atomic E-state index is 0.00379. The first kappa shape index (κ1) is 31.1. The third kappa shape index (κ3) is 4.14. The highest BCUT2D eigenvalue weighted by molar-refractivity contribution is 5.90. The van der Waals surface area contributed by atoms with E-state index < -0.39 is 58.9 Å². The van der Waals surface area contributed by atoms with Crippen molar-refractivity contribution in [1.29, 1.82) is 0 Å². The Morgan fingerprint density at radius 1 is 1.17 bits per heavy atom. The maximum Gasteiger partial charge on any atom is 0.331 e. The van der Waals surface area contributed by atoms with Crippen LogP contribution in [0, 0.1) is 45.8 Å². The van der Waals surface area contributed by atoms with E-state index in [-0.39, 0.29) is 30.3 Å². The van der Waals surface area contributed by atoms with E-state index in [0.29, 0.717) is 18.8 Å². The number of aliphatic hydroxyl groups is 1. The number of aliphatic hydroxyl groups excluding tert-OH is 1. The second kappa shape index (κ2) is 11.3. The molecule has 232 valence electrons. The van der Waals surface area contributed by atoms with Crippen LogP contribution in [0.2, 0.25) is 0 Å². The Kier molecular flexibility index (Phi) is 8.37. The third-order valence-electron chi connectivity index (χ3n) is 11.4. The second-order valence-electron chi connectivity index (χ2n) is 13.5. The Balaban J connectivity index is 1.49. The number of ether oxygens (including phenoxy) is 4. The van der Waals surface area contributed by atoms with Crippen LogP contribution in [0.3, 0.4) is 0 Å². The number of methoxy groups -OCH3 is 1. The first-order valence-electron chi connectivity index (χ1n) is 15.4. The molecule has 5 rings (SSSR count). The highest BCUT2D eigenvalue weighted by Gasteiger charge is 2.84. The number of carbonyl (C=O) groups excluding carboxylic acids is 2. The Labute approximate surface area is 248 Å².